The first-order chi connectivity index (χ1) is 9.12. The van der Waals surface area contributed by atoms with Crippen LogP contribution in [0, 0.1) is 17.3 Å². The van der Waals surface area contributed by atoms with Gasteiger partial charge in [0.05, 0.1) is 5.41 Å². The van der Waals surface area contributed by atoms with Gasteiger partial charge in [-0.2, -0.15) is 26.3 Å². The molecule has 2 nitrogen and oxygen atoms in total. The van der Waals surface area contributed by atoms with Gasteiger partial charge >= 0.3 is 18.3 Å². The molecule has 0 aromatic heterocycles. The van der Waals surface area contributed by atoms with Gasteiger partial charge in [0.15, 0.2) is 0 Å². The van der Waals surface area contributed by atoms with E-state index in [0.717, 1.165) is 0 Å². The number of rotatable bonds is 5. The summed E-state index contributed by atoms with van der Waals surface area (Å²) in [6, 6.07) is 0. The molecule has 0 N–H and O–H groups in total. The molecule has 0 amide bonds. The van der Waals surface area contributed by atoms with Gasteiger partial charge in [-0.1, -0.05) is 27.7 Å². The van der Waals surface area contributed by atoms with Crippen molar-refractivity contribution in [1.29, 1.82) is 0 Å². The Bertz CT molecular complexity index is 345. The molecular formula is C13H20F6O2. The van der Waals surface area contributed by atoms with Crippen molar-refractivity contribution in [2.75, 3.05) is 0 Å². The topological polar surface area (TPSA) is 26.3 Å². The number of ether oxygens (including phenoxy) is 1. The third-order valence-electron chi connectivity index (χ3n) is 3.39. The van der Waals surface area contributed by atoms with Gasteiger partial charge in [-0.15, -0.1) is 0 Å². The van der Waals surface area contributed by atoms with E-state index in [0.29, 0.717) is 0 Å². The second-order valence-electron chi connectivity index (χ2n) is 6.04. The zero-order valence-corrected chi connectivity index (χ0v) is 12.5. The van der Waals surface area contributed by atoms with Crippen molar-refractivity contribution in [3.05, 3.63) is 0 Å². The van der Waals surface area contributed by atoms with Gasteiger partial charge in [-0.05, 0) is 25.2 Å². The largest absolute Gasteiger partial charge is 0.442 e. The molecule has 126 valence electrons. The second kappa shape index (κ2) is 6.44. The predicted octanol–water partition coefficient (Wildman–Crippen LogP) is 4.73. The third kappa shape index (κ3) is 5.39. The van der Waals surface area contributed by atoms with Crippen LogP contribution in [0.3, 0.4) is 0 Å². The summed E-state index contributed by atoms with van der Waals surface area (Å²) in [5.41, 5.74) is -1.41. The molecule has 8 heteroatoms. The molecule has 0 saturated heterocycles. The smallest absolute Gasteiger partial charge is 0.434 e. The molecular weight excluding hydrogens is 302 g/mol. The standard InChI is InChI=1S/C13H20F6O2/c1-7(2)6-11(5,8(3)4)10(20)21-9(12(14,15)16)13(17,18)19/h7-9H,6H2,1-5H3. The number of carbonyl (C=O) groups is 1. The van der Waals surface area contributed by atoms with E-state index in [1.165, 1.54) is 6.92 Å². The lowest BCUT2D eigenvalue weighted by atomic mass is 9.73. The summed E-state index contributed by atoms with van der Waals surface area (Å²) in [4.78, 5) is 11.9. The van der Waals surface area contributed by atoms with Crippen molar-refractivity contribution in [2.24, 2.45) is 17.3 Å². The molecule has 0 saturated carbocycles. The SMILES string of the molecule is CC(C)CC(C)(C(=O)OC(C(F)(F)F)C(F)(F)F)C(C)C. The Morgan fingerprint density at radius 3 is 1.57 bits per heavy atom. The summed E-state index contributed by atoms with van der Waals surface area (Å²) in [7, 11) is 0. The molecule has 0 heterocycles. The minimum atomic E-state index is -5.69. The van der Waals surface area contributed by atoms with E-state index in [9.17, 15) is 31.1 Å². The van der Waals surface area contributed by atoms with Crippen LogP contribution in [-0.4, -0.2) is 24.4 Å². The Kier molecular flexibility index (Phi) is 6.15. The molecule has 0 aliphatic carbocycles. The minimum absolute atomic E-state index is 0.0832. The van der Waals surface area contributed by atoms with Gasteiger partial charge in [0, 0.05) is 0 Å². The maximum atomic E-state index is 12.4. The van der Waals surface area contributed by atoms with E-state index >= 15 is 0 Å². The zero-order valence-electron chi connectivity index (χ0n) is 12.5. The highest BCUT2D eigenvalue weighted by atomic mass is 19.4. The molecule has 0 spiro atoms. The van der Waals surface area contributed by atoms with Crippen molar-refractivity contribution in [2.45, 2.75) is 59.5 Å². The monoisotopic (exact) mass is 322 g/mol. The van der Waals surface area contributed by atoms with Crippen molar-refractivity contribution in [3.8, 4) is 0 Å². The summed E-state index contributed by atoms with van der Waals surface area (Å²) in [5.74, 6) is -2.03. The van der Waals surface area contributed by atoms with Crippen LogP contribution >= 0.6 is 0 Å². The molecule has 1 unspecified atom stereocenters. The third-order valence-corrected chi connectivity index (χ3v) is 3.39. The summed E-state index contributed by atoms with van der Waals surface area (Å²) >= 11 is 0. The average Bonchev–Trinajstić information content (AvgIpc) is 2.20. The van der Waals surface area contributed by atoms with Crippen LogP contribution < -0.4 is 0 Å². The molecule has 0 aliphatic heterocycles. The van der Waals surface area contributed by atoms with Crippen LogP contribution in [-0.2, 0) is 9.53 Å². The van der Waals surface area contributed by atoms with Crippen molar-refractivity contribution >= 4 is 5.97 Å². The highest BCUT2D eigenvalue weighted by molar-refractivity contribution is 5.77. The van der Waals surface area contributed by atoms with E-state index < -0.39 is 35.8 Å². The number of alkyl halides is 6. The Balaban J connectivity index is 5.38. The highest BCUT2D eigenvalue weighted by Gasteiger charge is 2.61. The van der Waals surface area contributed by atoms with Gasteiger partial charge in [0.2, 0.25) is 0 Å². The number of hydrogen-bond acceptors (Lipinski definition) is 2. The number of esters is 1. The van der Waals surface area contributed by atoms with Gasteiger partial charge in [-0.3, -0.25) is 4.79 Å². The first kappa shape index (κ1) is 20.1. The van der Waals surface area contributed by atoms with Gasteiger partial charge < -0.3 is 4.74 Å². The zero-order chi connectivity index (χ0) is 17.2. The fraction of sp³-hybridized carbons (Fsp3) is 0.923. The van der Waals surface area contributed by atoms with Gasteiger partial charge in [0.1, 0.15) is 0 Å². The normalized spacial score (nSPS) is 16.5. The first-order valence-electron chi connectivity index (χ1n) is 6.47. The molecule has 0 aliphatic rings. The summed E-state index contributed by atoms with van der Waals surface area (Å²) < 4.78 is 78.4. The van der Waals surface area contributed by atoms with Crippen LogP contribution in [0.5, 0.6) is 0 Å². The van der Waals surface area contributed by atoms with Crippen molar-refractivity contribution in [1.82, 2.24) is 0 Å². The lowest BCUT2D eigenvalue weighted by Crippen LogP contribution is -2.49. The Hall–Kier alpha value is -0.950. The molecule has 1 atom stereocenters. The second-order valence-corrected chi connectivity index (χ2v) is 6.04. The maximum Gasteiger partial charge on any atom is 0.434 e. The Morgan fingerprint density at radius 1 is 0.952 bits per heavy atom. The fourth-order valence-electron chi connectivity index (χ4n) is 1.96. The van der Waals surface area contributed by atoms with E-state index in [1.807, 2.05) is 0 Å². The molecule has 0 bridgehead atoms. The van der Waals surface area contributed by atoms with E-state index in [2.05, 4.69) is 4.74 Å². The Morgan fingerprint density at radius 2 is 1.33 bits per heavy atom. The molecule has 0 aromatic carbocycles. The lowest BCUT2D eigenvalue weighted by molar-refractivity contribution is -0.316. The van der Waals surface area contributed by atoms with Crippen molar-refractivity contribution in [3.63, 3.8) is 0 Å². The van der Waals surface area contributed by atoms with Gasteiger partial charge in [0.25, 0.3) is 6.10 Å². The van der Waals surface area contributed by atoms with Crippen LogP contribution in [0.2, 0.25) is 0 Å². The van der Waals surface area contributed by atoms with E-state index in [4.69, 9.17) is 0 Å². The molecule has 0 radical (unpaired) electrons. The van der Waals surface area contributed by atoms with Crippen molar-refractivity contribution < 1.29 is 35.9 Å². The number of halogens is 6. The van der Waals surface area contributed by atoms with Crippen LogP contribution in [0.25, 0.3) is 0 Å². The van der Waals surface area contributed by atoms with Gasteiger partial charge in [-0.25, -0.2) is 0 Å². The van der Waals surface area contributed by atoms with Crippen LogP contribution in [0.4, 0.5) is 26.3 Å². The highest BCUT2D eigenvalue weighted by Crippen LogP contribution is 2.40. The molecule has 0 rings (SSSR count). The predicted molar refractivity (Wildman–Crippen MR) is 64.4 cm³/mol. The fourth-order valence-corrected chi connectivity index (χ4v) is 1.96. The summed E-state index contributed by atoms with van der Waals surface area (Å²) in [5, 5.41) is 0. The van der Waals surface area contributed by atoms with Crippen LogP contribution in [0.1, 0.15) is 41.0 Å². The molecule has 0 aromatic rings. The number of hydrogen-bond donors (Lipinski definition) is 0. The average molecular weight is 322 g/mol. The Labute approximate surface area is 119 Å². The summed E-state index contributed by atoms with van der Waals surface area (Å²) in [6.07, 6.45) is -15.3. The van der Waals surface area contributed by atoms with E-state index in [-0.39, 0.29) is 12.3 Å². The first-order valence-corrected chi connectivity index (χ1v) is 6.47. The molecule has 21 heavy (non-hydrogen) atoms. The maximum absolute atomic E-state index is 12.4. The quantitative estimate of drug-likeness (QED) is 0.540. The summed E-state index contributed by atoms with van der Waals surface area (Å²) in [6.45, 7) is 7.88. The lowest BCUT2D eigenvalue weighted by Gasteiger charge is -2.35. The number of carbonyl (C=O) groups excluding carboxylic acids is 1. The molecule has 0 fully saturated rings. The minimum Gasteiger partial charge on any atom is -0.442 e. The van der Waals surface area contributed by atoms with E-state index in [1.54, 1.807) is 27.7 Å². The van der Waals surface area contributed by atoms with Crippen LogP contribution in [0.15, 0.2) is 0 Å².